The zero-order chi connectivity index (χ0) is 17.9. The normalized spacial score (nSPS) is 12.0. The first-order valence-electron chi connectivity index (χ1n) is 10.9. The van der Waals surface area contributed by atoms with Gasteiger partial charge < -0.3 is 9.84 Å². The molecule has 2 heteroatoms. The fourth-order valence-electron chi connectivity index (χ4n) is 3.04. The smallest absolute Gasteiger partial charge is 0.0856 e. The number of ether oxygens (including phenoxy) is 1. The van der Waals surface area contributed by atoms with Crippen LogP contribution in [0.1, 0.15) is 124 Å². The van der Waals surface area contributed by atoms with E-state index in [0.29, 0.717) is 0 Å². The van der Waals surface area contributed by atoms with E-state index in [-0.39, 0.29) is 12.2 Å². The minimum absolute atomic E-state index is 0.103. The first-order valence-corrected chi connectivity index (χ1v) is 10.9. The monoisotopic (exact) mass is 342 g/mol. The van der Waals surface area contributed by atoms with Gasteiger partial charge in [-0.3, -0.25) is 0 Å². The summed E-state index contributed by atoms with van der Waals surface area (Å²) in [6, 6.07) is 0. The van der Waals surface area contributed by atoms with Crippen molar-refractivity contribution in [1.29, 1.82) is 0 Å². The van der Waals surface area contributed by atoms with Gasteiger partial charge in [-0.05, 0) is 20.3 Å². The summed E-state index contributed by atoms with van der Waals surface area (Å²) >= 11 is 0. The van der Waals surface area contributed by atoms with Crippen LogP contribution in [-0.4, -0.2) is 23.9 Å². The standard InChI is InChI=1S/C22H46O2/c1-4-5-6-7-8-9-10-11-12-13-14-15-16-17-18-19-20-24-22(2,3)21-23/h23H,4-21H2,1-3H3. The quantitative estimate of drug-likeness (QED) is 0.255. The third kappa shape index (κ3) is 18.3. The van der Waals surface area contributed by atoms with Crippen LogP contribution in [0.2, 0.25) is 0 Å². The molecule has 0 aromatic heterocycles. The van der Waals surface area contributed by atoms with Crippen molar-refractivity contribution in [3.8, 4) is 0 Å². The van der Waals surface area contributed by atoms with Crippen LogP contribution in [-0.2, 0) is 4.74 Å². The summed E-state index contributed by atoms with van der Waals surface area (Å²) in [5.74, 6) is 0. The van der Waals surface area contributed by atoms with Gasteiger partial charge in [0, 0.05) is 6.61 Å². The van der Waals surface area contributed by atoms with Gasteiger partial charge in [0.15, 0.2) is 0 Å². The Morgan fingerprint density at radius 2 is 0.917 bits per heavy atom. The Balaban J connectivity index is 3.05. The predicted molar refractivity (Wildman–Crippen MR) is 107 cm³/mol. The molecule has 0 unspecified atom stereocenters. The minimum atomic E-state index is -0.366. The van der Waals surface area contributed by atoms with Crippen LogP contribution >= 0.6 is 0 Å². The maximum atomic E-state index is 9.10. The van der Waals surface area contributed by atoms with E-state index in [1.165, 1.54) is 96.3 Å². The molecule has 0 heterocycles. The maximum absolute atomic E-state index is 9.10. The number of hydrogen-bond donors (Lipinski definition) is 1. The van der Waals surface area contributed by atoms with Crippen LogP contribution in [0.15, 0.2) is 0 Å². The number of hydrogen-bond acceptors (Lipinski definition) is 2. The molecule has 0 radical (unpaired) electrons. The molecular formula is C22H46O2. The molecule has 0 spiro atoms. The van der Waals surface area contributed by atoms with Crippen LogP contribution in [0, 0.1) is 0 Å². The molecule has 0 atom stereocenters. The van der Waals surface area contributed by atoms with Crippen molar-refractivity contribution in [3.63, 3.8) is 0 Å². The fourth-order valence-corrected chi connectivity index (χ4v) is 3.04. The molecular weight excluding hydrogens is 296 g/mol. The highest BCUT2D eigenvalue weighted by Crippen LogP contribution is 2.14. The van der Waals surface area contributed by atoms with Crippen molar-refractivity contribution in [2.45, 2.75) is 129 Å². The minimum Gasteiger partial charge on any atom is -0.393 e. The number of rotatable bonds is 19. The molecule has 0 fully saturated rings. The summed E-state index contributed by atoms with van der Waals surface area (Å²) in [6.07, 6.45) is 22.3. The molecule has 0 saturated heterocycles. The van der Waals surface area contributed by atoms with E-state index < -0.39 is 0 Å². The molecule has 0 bridgehead atoms. The summed E-state index contributed by atoms with van der Waals surface area (Å²) in [6.45, 7) is 7.06. The molecule has 0 aromatic carbocycles. The third-order valence-electron chi connectivity index (χ3n) is 4.87. The average Bonchev–Trinajstić information content (AvgIpc) is 2.57. The first kappa shape index (κ1) is 23.9. The molecule has 0 saturated carbocycles. The van der Waals surface area contributed by atoms with Crippen molar-refractivity contribution in [3.05, 3.63) is 0 Å². The average molecular weight is 343 g/mol. The Labute approximate surface area is 152 Å². The van der Waals surface area contributed by atoms with E-state index in [2.05, 4.69) is 6.92 Å². The van der Waals surface area contributed by atoms with Crippen LogP contribution in [0.3, 0.4) is 0 Å². The van der Waals surface area contributed by atoms with Gasteiger partial charge in [-0.1, -0.05) is 103 Å². The number of unbranched alkanes of at least 4 members (excludes halogenated alkanes) is 15. The van der Waals surface area contributed by atoms with Crippen molar-refractivity contribution in [2.24, 2.45) is 0 Å². The molecule has 146 valence electrons. The van der Waals surface area contributed by atoms with Gasteiger partial charge in [-0.15, -0.1) is 0 Å². The first-order chi connectivity index (χ1) is 11.6. The third-order valence-corrected chi connectivity index (χ3v) is 4.87. The van der Waals surface area contributed by atoms with Gasteiger partial charge in [-0.2, -0.15) is 0 Å². The number of aliphatic hydroxyl groups is 1. The Bertz CT molecular complexity index is 238. The van der Waals surface area contributed by atoms with Gasteiger partial charge in [0.25, 0.3) is 0 Å². The Morgan fingerprint density at radius 3 is 1.25 bits per heavy atom. The van der Waals surface area contributed by atoms with E-state index in [1.807, 2.05) is 13.8 Å². The van der Waals surface area contributed by atoms with Gasteiger partial charge in [0.05, 0.1) is 12.2 Å². The van der Waals surface area contributed by atoms with Crippen LogP contribution in [0.4, 0.5) is 0 Å². The second kappa shape index (κ2) is 17.7. The zero-order valence-corrected chi connectivity index (χ0v) is 17.1. The Morgan fingerprint density at radius 1 is 0.583 bits per heavy atom. The lowest BCUT2D eigenvalue weighted by molar-refractivity contribution is -0.0546. The van der Waals surface area contributed by atoms with Crippen molar-refractivity contribution in [2.75, 3.05) is 13.2 Å². The van der Waals surface area contributed by atoms with Crippen molar-refractivity contribution in [1.82, 2.24) is 0 Å². The molecule has 2 nitrogen and oxygen atoms in total. The summed E-state index contributed by atoms with van der Waals surface area (Å²) in [5.41, 5.74) is -0.366. The van der Waals surface area contributed by atoms with Crippen LogP contribution in [0.25, 0.3) is 0 Å². The molecule has 24 heavy (non-hydrogen) atoms. The highest BCUT2D eigenvalue weighted by Gasteiger charge is 2.15. The number of aliphatic hydroxyl groups excluding tert-OH is 1. The summed E-state index contributed by atoms with van der Waals surface area (Å²) in [4.78, 5) is 0. The van der Waals surface area contributed by atoms with Gasteiger partial charge >= 0.3 is 0 Å². The predicted octanol–water partition coefficient (Wildman–Crippen LogP) is 7.04. The second-order valence-corrected chi connectivity index (χ2v) is 8.07. The second-order valence-electron chi connectivity index (χ2n) is 8.07. The van der Waals surface area contributed by atoms with E-state index >= 15 is 0 Å². The molecule has 0 aliphatic heterocycles. The van der Waals surface area contributed by atoms with Crippen molar-refractivity contribution >= 4 is 0 Å². The van der Waals surface area contributed by atoms with E-state index in [0.717, 1.165) is 13.0 Å². The Kier molecular flexibility index (Phi) is 17.7. The Hall–Kier alpha value is -0.0800. The van der Waals surface area contributed by atoms with Gasteiger partial charge in [-0.25, -0.2) is 0 Å². The maximum Gasteiger partial charge on any atom is 0.0856 e. The molecule has 0 aliphatic carbocycles. The largest absolute Gasteiger partial charge is 0.393 e. The van der Waals surface area contributed by atoms with E-state index in [4.69, 9.17) is 9.84 Å². The molecule has 0 aliphatic rings. The lowest BCUT2D eigenvalue weighted by Gasteiger charge is -2.22. The topological polar surface area (TPSA) is 29.5 Å². The van der Waals surface area contributed by atoms with Gasteiger partial charge in [0.1, 0.15) is 0 Å². The van der Waals surface area contributed by atoms with Crippen LogP contribution in [0.5, 0.6) is 0 Å². The van der Waals surface area contributed by atoms with Gasteiger partial charge in [0.2, 0.25) is 0 Å². The highest BCUT2D eigenvalue weighted by molar-refractivity contribution is 4.65. The molecule has 0 aromatic rings. The zero-order valence-electron chi connectivity index (χ0n) is 17.1. The summed E-state index contributed by atoms with van der Waals surface area (Å²) in [5, 5.41) is 9.10. The van der Waals surface area contributed by atoms with Crippen molar-refractivity contribution < 1.29 is 9.84 Å². The summed E-state index contributed by atoms with van der Waals surface area (Å²) in [7, 11) is 0. The fraction of sp³-hybridized carbons (Fsp3) is 1.00. The SMILES string of the molecule is CCCCCCCCCCCCCCCCCCOC(C)(C)CO. The van der Waals surface area contributed by atoms with Crippen LogP contribution < -0.4 is 0 Å². The molecule has 0 amide bonds. The lowest BCUT2D eigenvalue weighted by Crippen LogP contribution is -2.29. The lowest BCUT2D eigenvalue weighted by atomic mass is 10.0. The van der Waals surface area contributed by atoms with E-state index in [9.17, 15) is 0 Å². The molecule has 0 rings (SSSR count). The summed E-state index contributed by atoms with van der Waals surface area (Å²) < 4.78 is 5.65. The van der Waals surface area contributed by atoms with E-state index in [1.54, 1.807) is 0 Å². The molecule has 1 N–H and O–H groups in total. The highest BCUT2D eigenvalue weighted by atomic mass is 16.5.